The average molecular weight is 296 g/mol. The fraction of sp³-hybridized carbons (Fsp3) is 0.875. The summed E-state index contributed by atoms with van der Waals surface area (Å²) >= 11 is 0. The van der Waals surface area contributed by atoms with E-state index in [0.717, 1.165) is 51.0 Å². The van der Waals surface area contributed by atoms with Crippen LogP contribution in [-0.2, 0) is 17.7 Å². The van der Waals surface area contributed by atoms with Gasteiger partial charge >= 0.3 is 0 Å². The molecule has 0 fully saturated rings. The molecule has 1 aromatic heterocycles. The van der Waals surface area contributed by atoms with Crippen LogP contribution in [0.15, 0.2) is 6.33 Å². The summed E-state index contributed by atoms with van der Waals surface area (Å²) in [6.07, 6.45) is 6.68. The van der Waals surface area contributed by atoms with Crippen molar-refractivity contribution < 1.29 is 4.74 Å². The van der Waals surface area contributed by atoms with Gasteiger partial charge in [0.2, 0.25) is 0 Å². The van der Waals surface area contributed by atoms with Gasteiger partial charge in [0, 0.05) is 26.1 Å². The van der Waals surface area contributed by atoms with Gasteiger partial charge in [-0.2, -0.15) is 5.10 Å². The van der Waals surface area contributed by atoms with E-state index < -0.39 is 0 Å². The first-order chi connectivity index (χ1) is 10.2. The Balaban J connectivity index is 2.93. The molecule has 21 heavy (non-hydrogen) atoms. The molecular weight excluding hydrogens is 264 g/mol. The summed E-state index contributed by atoms with van der Waals surface area (Å²) in [6, 6.07) is 0.261. The molecule has 5 heteroatoms. The first kappa shape index (κ1) is 18.1. The molecule has 1 aromatic rings. The van der Waals surface area contributed by atoms with Crippen molar-refractivity contribution in [3.05, 3.63) is 12.2 Å². The highest BCUT2D eigenvalue weighted by Crippen LogP contribution is 2.26. The summed E-state index contributed by atoms with van der Waals surface area (Å²) in [5.41, 5.74) is -0.141. The van der Waals surface area contributed by atoms with Gasteiger partial charge in [0.1, 0.15) is 12.2 Å². The molecule has 0 aliphatic heterocycles. The molecule has 0 aliphatic rings. The fourth-order valence-corrected chi connectivity index (χ4v) is 2.96. The lowest BCUT2D eigenvalue weighted by Gasteiger charge is -2.39. The molecule has 0 bridgehead atoms. The number of hydrogen-bond donors (Lipinski definition) is 1. The minimum Gasteiger partial charge on any atom is -0.377 e. The summed E-state index contributed by atoms with van der Waals surface area (Å²) in [7, 11) is 1.82. The number of methoxy groups -OCH3 is 1. The van der Waals surface area contributed by atoms with E-state index in [1.54, 1.807) is 6.33 Å². The molecule has 0 amide bonds. The Hall–Kier alpha value is -0.940. The average Bonchev–Trinajstić information content (AvgIpc) is 2.94. The molecular formula is C16H32N4O. The number of aromatic nitrogens is 3. The Kier molecular flexibility index (Phi) is 7.89. The Morgan fingerprint density at radius 3 is 2.48 bits per heavy atom. The zero-order valence-electron chi connectivity index (χ0n) is 14.4. The van der Waals surface area contributed by atoms with Crippen LogP contribution < -0.4 is 5.32 Å². The first-order valence-corrected chi connectivity index (χ1v) is 8.32. The van der Waals surface area contributed by atoms with Crippen LogP contribution in [0.5, 0.6) is 0 Å². The third kappa shape index (κ3) is 4.51. The van der Waals surface area contributed by atoms with E-state index in [1.807, 2.05) is 11.8 Å². The Morgan fingerprint density at radius 2 is 1.95 bits per heavy atom. The van der Waals surface area contributed by atoms with Crippen LogP contribution in [0.2, 0.25) is 0 Å². The lowest BCUT2D eigenvalue weighted by Crippen LogP contribution is -2.53. The summed E-state index contributed by atoms with van der Waals surface area (Å²) in [4.78, 5) is 4.46. The smallest absolute Gasteiger partial charge is 0.138 e. The van der Waals surface area contributed by atoms with Crippen LogP contribution >= 0.6 is 0 Å². The predicted octanol–water partition coefficient (Wildman–Crippen LogP) is 2.80. The molecule has 1 rings (SSSR count). The normalized spacial score (nSPS) is 13.6. The van der Waals surface area contributed by atoms with Gasteiger partial charge in [0.15, 0.2) is 0 Å². The van der Waals surface area contributed by atoms with Gasteiger partial charge in [-0.25, -0.2) is 4.98 Å². The second kappa shape index (κ2) is 9.15. The highest BCUT2D eigenvalue weighted by molar-refractivity contribution is 4.99. The van der Waals surface area contributed by atoms with E-state index in [2.05, 4.69) is 43.1 Å². The fourth-order valence-electron chi connectivity index (χ4n) is 2.96. The van der Waals surface area contributed by atoms with Crippen LogP contribution in [0.25, 0.3) is 0 Å². The third-order valence-corrected chi connectivity index (χ3v) is 4.40. The lowest BCUT2D eigenvalue weighted by molar-refractivity contribution is -0.0478. The van der Waals surface area contributed by atoms with Crippen LogP contribution in [0.4, 0.5) is 0 Å². The second-order valence-electron chi connectivity index (χ2n) is 5.59. The van der Waals surface area contributed by atoms with Crippen LogP contribution in [0.3, 0.4) is 0 Å². The zero-order chi connectivity index (χ0) is 15.7. The van der Waals surface area contributed by atoms with Crippen molar-refractivity contribution in [2.45, 2.75) is 78.0 Å². The quantitative estimate of drug-likeness (QED) is 0.682. The number of nitrogens with zero attached hydrogens (tertiary/aromatic N) is 3. The van der Waals surface area contributed by atoms with Crippen LogP contribution in [0, 0.1) is 0 Å². The van der Waals surface area contributed by atoms with Gasteiger partial charge in [-0.1, -0.05) is 27.7 Å². The Morgan fingerprint density at radius 1 is 1.24 bits per heavy atom. The lowest BCUT2D eigenvalue weighted by atomic mass is 9.85. The molecule has 5 nitrogen and oxygen atoms in total. The third-order valence-electron chi connectivity index (χ3n) is 4.40. The van der Waals surface area contributed by atoms with E-state index >= 15 is 0 Å². The van der Waals surface area contributed by atoms with E-state index in [9.17, 15) is 0 Å². The maximum atomic E-state index is 5.92. The molecule has 0 aliphatic carbocycles. The molecule has 0 aromatic carbocycles. The van der Waals surface area contributed by atoms with Gasteiger partial charge in [-0.3, -0.25) is 4.68 Å². The van der Waals surface area contributed by atoms with Crippen molar-refractivity contribution in [2.24, 2.45) is 0 Å². The minimum absolute atomic E-state index is 0.141. The highest BCUT2D eigenvalue weighted by Gasteiger charge is 2.36. The molecule has 0 saturated heterocycles. The number of rotatable bonds is 11. The number of nitrogens with one attached hydrogen (secondary N) is 1. The Bertz CT molecular complexity index is 379. The van der Waals surface area contributed by atoms with Gasteiger partial charge < -0.3 is 10.1 Å². The summed E-state index contributed by atoms with van der Waals surface area (Å²) < 4.78 is 7.94. The molecule has 122 valence electrons. The van der Waals surface area contributed by atoms with Crippen LogP contribution in [-0.4, -0.2) is 40.1 Å². The van der Waals surface area contributed by atoms with Gasteiger partial charge in [-0.05, 0) is 32.2 Å². The van der Waals surface area contributed by atoms with Crippen LogP contribution in [0.1, 0.15) is 59.2 Å². The topological polar surface area (TPSA) is 52.0 Å². The molecule has 1 atom stereocenters. The number of hydrogen-bond acceptors (Lipinski definition) is 4. The summed E-state index contributed by atoms with van der Waals surface area (Å²) in [6.45, 7) is 10.7. The SMILES string of the molecule is CCCNC(Cc1ncnn1CCC)C(CC)(CC)OC. The molecule has 0 spiro atoms. The first-order valence-electron chi connectivity index (χ1n) is 8.32. The number of aryl methyl sites for hydroxylation is 1. The standard InChI is InChI=1S/C16H32N4O/c1-6-10-17-14(16(8-3,9-4)21-5)12-15-18-13-19-20(15)11-7-2/h13-14,17H,6-12H2,1-5H3. The summed E-state index contributed by atoms with van der Waals surface area (Å²) in [5, 5.41) is 8.00. The van der Waals surface area contributed by atoms with Crippen molar-refractivity contribution in [2.75, 3.05) is 13.7 Å². The van der Waals surface area contributed by atoms with Crippen molar-refractivity contribution in [3.63, 3.8) is 0 Å². The van der Waals surface area contributed by atoms with Crippen molar-refractivity contribution in [3.8, 4) is 0 Å². The highest BCUT2D eigenvalue weighted by atomic mass is 16.5. The van der Waals surface area contributed by atoms with Gasteiger partial charge in [0.05, 0.1) is 5.60 Å². The van der Waals surface area contributed by atoms with Crippen molar-refractivity contribution >= 4 is 0 Å². The van der Waals surface area contributed by atoms with E-state index in [-0.39, 0.29) is 11.6 Å². The predicted molar refractivity (Wildman–Crippen MR) is 86.4 cm³/mol. The zero-order valence-corrected chi connectivity index (χ0v) is 14.4. The van der Waals surface area contributed by atoms with Gasteiger partial charge in [0.25, 0.3) is 0 Å². The minimum atomic E-state index is -0.141. The molecule has 1 heterocycles. The van der Waals surface area contributed by atoms with E-state index in [4.69, 9.17) is 4.74 Å². The largest absolute Gasteiger partial charge is 0.377 e. The maximum absolute atomic E-state index is 5.92. The number of ether oxygens (including phenoxy) is 1. The summed E-state index contributed by atoms with van der Waals surface area (Å²) in [5.74, 6) is 1.05. The van der Waals surface area contributed by atoms with E-state index in [0.29, 0.717) is 0 Å². The van der Waals surface area contributed by atoms with Crippen molar-refractivity contribution in [1.29, 1.82) is 0 Å². The van der Waals surface area contributed by atoms with E-state index in [1.165, 1.54) is 0 Å². The van der Waals surface area contributed by atoms with Crippen molar-refractivity contribution in [1.82, 2.24) is 20.1 Å². The second-order valence-corrected chi connectivity index (χ2v) is 5.59. The molecule has 1 unspecified atom stereocenters. The molecule has 0 radical (unpaired) electrons. The molecule has 1 N–H and O–H groups in total. The molecule has 0 saturated carbocycles. The monoisotopic (exact) mass is 296 g/mol. The maximum Gasteiger partial charge on any atom is 0.138 e. The van der Waals surface area contributed by atoms with Gasteiger partial charge in [-0.15, -0.1) is 0 Å². The Labute approximate surface area is 129 Å².